The van der Waals surface area contributed by atoms with Gasteiger partial charge in [0.15, 0.2) is 5.82 Å². The molecule has 1 aliphatic rings. The Bertz CT molecular complexity index is 904. The second-order valence-electron chi connectivity index (χ2n) is 6.23. The van der Waals surface area contributed by atoms with Gasteiger partial charge in [-0.15, -0.1) is 21.5 Å². The minimum Gasteiger partial charge on any atom is -0.496 e. The Morgan fingerprint density at radius 1 is 1.00 bits per heavy atom. The molecular weight excluding hydrogens is 360 g/mol. The fourth-order valence-corrected chi connectivity index (χ4v) is 3.88. The van der Waals surface area contributed by atoms with Crippen LogP contribution in [-0.4, -0.2) is 54.3 Å². The van der Waals surface area contributed by atoms with Gasteiger partial charge in [0, 0.05) is 31.7 Å². The molecule has 3 heterocycles. The van der Waals surface area contributed by atoms with Gasteiger partial charge >= 0.3 is 0 Å². The molecule has 1 saturated heterocycles. The summed E-state index contributed by atoms with van der Waals surface area (Å²) < 4.78 is 5.40. The van der Waals surface area contributed by atoms with Crippen molar-refractivity contribution in [2.24, 2.45) is 0 Å². The van der Waals surface area contributed by atoms with Crippen LogP contribution in [0.5, 0.6) is 5.75 Å². The largest absolute Gasteiger partial charge is 0.496 e. The van der Waals surface area contributed by atoms with E-state index in [-0.39, 0.29) is 5.91 Å². The number of rotatable bonds is 4. The Morgan fingerprint density at radius 3 is 2.48 bits per heavy atom. The third-order valence-electron chi connectivity index (χ3n) is 4.66. The summed E-state index contributed by atoms with van der Waals surface area (Å²) in [4.78, 5) is 17.3. The number of benzene rings is 1. The molecule has 4 rings (SSSR count). The zero-order valence-corrected chi connectivity index (χ0v) is 15.9. The average Bonchev–Trinajstić information content (AvgIpc) is 3.28. The van der Waals surface area contributed by atoms with Crippen molar-refractivity contribution in [2.75, 3.05) is 38.2 Å². The number of hydrogen-bond acceptors (Lipinski definition) is 6. The topological polar surface area (TPSA) is 58.6 Å². The quantitative estimate of drug-likeness (QED) is 0.696. The number of thiophene rings is 1. The Balaban J connectivity index is 1.42. The number of hydrogen-bond donors (Lipinski definition) is 0. The number of aromatic nitrogens is 2. The molecule has 1 fully saturated rings. The molecule has 27 heavy (non-hydrogen) atoms. The summed E-state index contributed by atoms with van der Waals surface area (Å²) in [6.45, 7) is 2.87. The van der Waals surface area contributed by atoms with Crippen molar-refractivity contribution in [3.05, 3.63) is 58.8 Å². The van der Waals surface area contributed by atoms with Gasteiger partial charge in [-0.2, -0.15) is 0 Å². The summed E-state index contributed by atoms with van der Waals surface area (Å²) in [7, 11) is 1.65. The van der Waals surface area contributed by atoms with Crippen LogP contribution in [-0.2, 0) is 0 Å². The Kier molecular flexibility index (Phi) is 5.02. The monoisotopic (exact) mass is 380 g/mol. The number of para-hydroxylation sites is 1. The maximum absolute atomic E-state index is 12.4. The molecule has 138 valence electrons. The van der Waals surface area contributed by atoms with Crippen LogP contribution in [0.3, 0.4) is 0 Å². The fourth-order valence-electron chi connectivity index (χ4n) is 3.19. The first-order valence-corrected chi connectivity index (χ1v) is 9.69. The highest BCUT2D eigenvalue weighted by molar-refractivity contribution is 7.12. The lowest BCUT2D eigenvalue weighted by Crippen LogP contribution is -2.48. The SMILES string of the molecule is COc1ccccc1-c1ccc(N2CCN(C(=O)c3cccs3)CC2)nn1. The van der Waals surface area contributed by atoms with E-state index in [1.165, 1.54) is 11.3 Å². The fraction of sp³-hybridized carbons (Fsp3) is 0.250. The highest BCUT2D eigenvalue weighted by atomic mass is 32.1. The van der Waals surface area contributed by atoms with Gasteiger partial charge in [-0.3, -0.25) is 4.79 Å². The molecule has 0 aliphatic carbocycles. The Morgan fingerprint density at radius 2 is 1.81 bits per heavy atom. The highest BCUT2D eigenvalue weighted by Gasteiger charge is 2.23. The van der Waals surface area contributed by atoms with E-state index in [9.17, 15) is 4.79 Å². The molecule has 7 heteroatoms. The van der Waals surface area contributed by atoms with Gasteiger partial charge in [-0.1, -0.05) is 18.2 Å². The van der Waals surface area contributed by atoms with Crippen LogP contribution in [0, 0.1) is 0 Å². The van der Waals surface area contributed by atoms with Gasteiger partial charge in [0.1, 0.15) is 5.75 Å². The van der Waals surface area contributed by atoms with Gasteiger partial charge < -0.3 is 14.5 Å². The van der Waals surface area contributed by atoms with E-state index in [0.717, 1.165) is 40.8 Å². The summed E-state index contributed by atoms with van der Waals surface area (Å²) in [5.41, 5.74) is 1.70. The summed E-state index contributed by atoms with van der Waals surface area (Å²) in [6.07, 6.45) is 0. The number of methoxy groups -OCH3 is 1. The second kappa shape index (κ2) is 7.75. The predicted molar refractivity (Wildman–Crippen MR) is 106 cm³/mol. The molecule has 0 bridgehead atoms. The predicted octanol–water partition coefficient (Wildman–Crippen LogP) is 3.18. The normalized spacial score (nSPS) is 14.3. The minimum absolute atomic E-state index is 0.113. The number of amides is 1. The molecule has 2 aromatic heterocycles. The summed E-state index contributed by atoms with van der Waals surface area (Å²) in [5.74, 6) is 1.72. The van der Waals surface area contributed by atoms with Crippen LogP contribution in [0.15, 0.2) is 53.9 Å². The van der Waals surface area contributed by atoms with E-state index < -0.39 is 0 Å². The summed E-state index contributed by atoms with van der Waals surface area (Å²) in [5, 5.41) is 10.7. The molecule has 0 saturated carbocycles. The van der Waals surface area contributed by atoms with Crippen LogP contribution < -0.4 is 9.64 Å². The second-order valence-corrected chi connectivity index (χ2v) is 7.18. The Labute approximate surface area is 162 Å². The van der Waals surface area contributed by atoms with Gasteiger partial charge in [-0.05, 0) is 35.7 Å². The van der Waals surface area contributed by atoms with E-state index in [0.29, 0.717) is 13.1 Å². The van der Waals surface area contributed by atoms with Crippen molar-refractivity contribution in [3.8, 4) is 17.0 Å². The van der Waals surface area contributed by atoms with Crippen LogP contribution in [0.1, 0.15) is 9.67 Å². The van der Waals surface area contributed by atoms with Crippen molar-refractivity contribution < 1.29 is 9.53 Å². The van der Waals surface area contributed by atoms with Crippen molar-refractivity contribution in [1.29, 1.82) is 0 Å². The van der Waals surface area contributed by atoms with E-state index >= 15 is 0 Å². The molecule has 1 aromatic carbocycles. The summed E-state index contributed by atoms with van der Waals surface area (Å²) in [6, 6.07) is 15.5. The standard InChI is InChI=1S/C20H20N4O2S/c1-26-17-6-3-2-5-15(17)16-8-9-19(22-21-16)23-10-12-24(13-11-23)20(25)18-7-4-14-27-18/h2-9,14H,10-13H2,1H3. The lowest BCUT2D eigenvalue weighted by Gasteiger charge is -2.35. The smallest absolute Gasteiger partial charge is 0.264 e. The van der Waals surface area contributed by atoms with E-state index in [1.54, 1.807) is 7.11 Å². The number of carbonyl (C=O) groups excluding carboxylic acids is 1. The molecule has 0 atom stereocenters. The van der Waals surface area contributed by atoms with Gasteiger partial charge in [-0.25, -0.2) is 0 Å². The van der Waals surface area contributed by atoms with Gasteiger partial charge in [0.2, 0.25) is 0 Å². The molecule has 1 aliphatic heterocycles. The number of piperazine rings is 1. The lowest BCUT2D eigenvalue weighted by molar-refractivity contribution is 0.0751. The molecule has 0 unspecified atom stereocenters. The van der Waals surface area contributed by atoms with E-state index in [1.807, 2.05) is 58.8 Å². The number of carbonyl (C=O) groups is 1. The molecule has 3 aromatic rings. The average molecular weight is 380 g/mol. The van der Waals surface area contributed by atoms with Crippen molar-refractivity contribution in [2.45, 2.75) is 0 Å². The van der Waals surface area contributed by atoms with E-state index in [2.05, 4.69) is 15.1 Å². The van der Waals surface area contributed by atoms with Crippen molar-refractivity contribution in [3.63, 3.8) is 0 Å². The number of ether oxygens (including phenoxy) is 1. The summed E-state index contributed by atoms with van der Waals surface area (Å²) >= 11 is 1.49. The molecule has 1 amide bonds. The molecular formula is C20H20N4O2S. The van der Waals surface area contributed by atoms with Gasteiger partial charge in [0.25, 0.3) is 5.91 Å². The zero-order valence-electron chi connectivity index (χ0n) is 15.0. The van der Waals surface area contributed by atoms with Crippen LogP contribution in [0.25, 0.3) is 11.3 Å². The van der Waals surface area contributed by atoms with Crippen molar-refractivity contribution in [1.82, 2.24) is 15.1 Å². The number of nitrogens with zero attached hydrogens (tertiary/aromatic N) is 4. The lowest BCUT2D eigenvalue weighted by atomic mass is 10.1. The maximum Gasteiger partial charge on any atom is 0.264 e. The minimum atomic E-state index is 0.113. The van der Waals surface area contributed by atoms with E-state index in [4.69, 9.17) is 4.74 Å². The molecule has 0 radical (unpaired) electrons. The van der Waals surface area contributed by atoms with Crippen LogP contribution >= 0.6 is 11.3 Å². The van der Waals surface area contributed by atoms with Gasteiger partial charge in [0.05, 0.1) is 17.7 Å². The zero-order chi connectivity index (χ0) is 18.6. The van der Waals surface area contributed by atoms with Crippen LogP contribution in [0.4, 0.5) is 5.82 Å². The maximum atomic E-state index is 12.4. The number of anilines is 1. The molecule has 0 spiro atoms. The third-order valence-corrected chi connectivity index (χ3v) is 5.51. The van der Waals surface area contributed by atoms with Crippen molar-refractivity contribution >= 4 is 23.1 Å². The third kappa shape index (κ3) is 3.64. The molecule has 6 nitrogen and oxygen atoms in total. The van der Waals surface area contributed by atoms with Crippen LogP contribution in [0.2, 0.25) is 0 Å². The Hall–Kier alpha value is -2.93. The molecule has 0 N–H and O–H groups in total. The first kappa shape index (κ1) is 17.5. The highest BCUT2D eigenvalue weighted by Crippen LogP contribution is 2.28. The first-order valence-electron chi connectivity index (χ1n) is 8.81. The first-order chi connectivity index (χ1) is 13.3.